The molecule has 2 aromatic rings. The highest BCUT2D eigenvalue weighted by Crippen LogP contribution is 2.49. The molecule has 1 aromatic heterocycles. The van der Waals surface area contributed by atoms with Crippen LogP contribution in [0.5, 0.6) is 0 Å². The quantitative estimate of drug-likeness (QED) is 0.671. The molecule has 25 heavy (non-hydrogen) atoms. The second-order valence-corrected chi connectivity index (χ2v) is 6.88. The first-order chi connectivity index (χ1) is 12.2. The Morgan fingerprint density at radius 3 is 2.72 bits per heavy atom. The van der Waals surface area contributed by atoms with Crippen LogP contribution in [0.4, 0.5) is 5.82 Å². The fourth-order valence-corrected chi connectivity index (χ4v) is 4.13. The Morgan fingerprint density at radius 2 is 2.08 bits per heavy atom. The number of nitrogens with zero attached hydrogens (tertiary/aromatic N) is 2. The van der Waals surface area contributed by atoms with Gasteiger partial charge in [0, 0.05) is 5.92 Å². The minimum atomic E-state index is -0.438. The highest BCUT2D eigenvalue weighted by atomic mass is 16.5. The summed E-state index contributed by atoms with van der Waals surface area (Å²) < 4.78 is 7.14. The number of hydrogen-bond acceptors (Lipinski definition) is 4. The molecule has 0 amide bonds. The second kappa shape index (κ2) is 6.39. The molecule has 1 aromatic carbocycles. The van der Waals surface area contributed by atoms with E-state index in [0.29, 0.717) is 36.7 Å². The van der Waals surface area contributed by atoms with E-state index in [2.05, 4.69) is 29.3 Å². The number of carbonyl (C=O) groups is 1. The number of imidazole rings is 1. The average molecular weight is 337 g/mol. The van der Waals surface area contributed by atoms with Gasteiger partial charge in [0.05, 0.1) is 13.2 Å². The van der Waals surface area contributed by atoms with Gasteiger partial charge in [0.2, 0.25) is 0 Å². The molecule has 2 aliphatic carbocycles. The second-order valence-electron chi connectivity index (χ2n) is 6.88. The number of nitrogens with two attached hydrogens (primary N) is 1. The van der Waals surface area contributed by atoms with Gasteiger partial charge in [-0.25, -0.2) is 9.78 Å². The molecule has 0 radical (unpaired) electrons. The Bertz CT molecular complexity index is 810. The number of esters is 1. The van der Waals surface area contributed by atoms with Crippen LogP contribution < -0.4 is 5.73 Å². The zero-order valence-corrected chi connectivity index (χ0v) is 14.4. The molecule has 3 atom stereocenters. The Labute approximate surface area is 147 Å². The lowest BCUT2D eigenvalue weighted by atomic mass is 9.92. The normalized spacial score (nSPS) is 24.0. The monoisotopic (exact) mass is 337 g/mol. The highest BCUT2D eigenvalue weighted by molar-refractivity contribution is 5.92. The van der Waals surface area contributed by atoms with Gasteiger partial charge in [-0.1, -0.05) is 42.5 Å². The SMILES string of the molecule is CCOC(=O)c1nc(C2C[C@H]3C=C[C@@H]2C3)n(Cc2ccccc2)c1N. The van der Waals surface area contributed by atoms with Crippen molar-refractivity contribution >= 4 is 11.8 Å². The molecule has 2 bridgehead atoms. The van der Waals surface area contributed by atoms with Crippen LogP contribution in [0.15, 0.2) is 42.5 Å². The molecular formula is C20H23N3O2. The van der Waals surface area contributed by atoms with Crippen LogP contribution >= 0.6 is 0 Å². The highest BCUT2D eigenvalue weighted by Gasteiger charge is 2.40. The number of allylic oxidation sites excluding steroid dienone is 2. The van der Waals surface area contributed by atoms with E-state index >= 15 is 0 Å². The van der Waals surface area contributed by atoms with Crippen LogP contribution in [0.25, 0.3) is 0 Å². The smallest absolute Gasteiger partial charge is 0.360 e. The summed E-state index contributed by atoms with van der Waals surface area (Å²) in [5.41, 5.74) is 7.72. The lowest BCUT2D eigenvalue weighted by Crippen LogP contribution is -2.15. The molecule has 0 saturated heterocycles. The van der Waals surface area contributed by atoms with Gasteiger partial charge in [-0.2, -0.15) is 0 Å². The summed E-state index contributed by atoms with van der Waals surface area (Å²) in [4.78, 5) is 16.9. The number of benzene rings is 1. The van der Waals surface area contributed by atoms with Gasteiger partial charge in [0.15, 0.2) is 5.69 Å². The number of aromatic nitrogens is 2. The molecule has 5 nitrogen and oxygen atoms in total. The molecule has 2 aliphatic rings. The maximum atomic E-state index is 12.3. The van der Waals surface area contributed by atoms with E-state index in [1.54, 1.807) is 6.92 Å². The summed E-state index contributed by atoms with van der Waals surface area (Å²) in [6, 6.07) is 10.1. The van der Waals surface area contributed by atoms with Crippen molar-refractivity contribution < 1.29 is 9.53 Å². The summed E-state index contributed by atoms with van der Waals surface area (Å²) >= 11 is 0. The van der Waals surface area contributed by atoms with Crippen LogP contribution in [0.1, 0.15) is 47.6 Å². The van der Waals surface area contributed by atoms with Crippen molar-refractivity contribution in [3.8, 4) is 0 Å². The summed E-state index contributed by atoms with van der Waals surface area (Å²) in [7, 11) is 0. The molecule has 1 fully saturated rings. The number of carbonyl (C=O) groups excluding carboxylic acids is 1. The van der Waals surface area contributed by atoms with Crippen molar-refractivity contribution in [1.82, 2.24) is 9.55 Å². The van der Waals surface area contributed by atoms with Gasteiger partial charge in [-0.3, -0.25) is 0 Å². The van der Waals surface area contributed by atoms with Crippen molar-refractivity contribution in [1.29, 1.82) is 0 Å². The van der Waals surface area contributed by atoms with E-state index < -0.39 is 5.97 Å². The van der Waals surface area contributed by atoms with Crippen LogP contribution in [-0.4, -0.2) is 22.1 Å². The third kappa shape index (κ3) is 2.84. The third-order valence-corrected chi connectivity index (χ3v) is 5.30. The Kier molecular flexibility index (Phi) is 4.07. The minimum Gasteiger partial charge on any atom is -0.461 e. The first kappa shape index (κ1) is 15.9. The van der Waals surface area contributed by atoms with Crippen molar-refractivity contribution in [3.05, 3.63) is 59.6 Å². The van der Waals surface area contributed by atoms with Gasteiger partial charge in [0.25, 0.3) is 0 Å². The number of anilines is 1. The van der Waals surface area contributed by atoms with E-state index in [1.807, 2.05) is 22.8 Å². The number of ether oxygens (including phenoxy) is 1. The molecular weight excluding hydrogens is 314 g/mol. The molecule has 4 rings (SSSR count). The van der Waals surface area contributed by atoms with Crippen molar-refractivity contribution in [3.63, 3.8) is 0 Å². The Hall–Kier alpha value is -2.56. The number of hydrogen-bond donors (Lipinski definition) is 1. The molecule has 1 unspecified atom stereocenters. The van der Waals surface area contributed by atoms with E-state index in [9.17, 15) is 4.79 Å². The van der Waals surface area contributed by atoms with Gasteiger partial charge in [-0.15, -0.1) is 0 Å². The van der Waals surface area contributed by atoms with Crippen LogP contribution in [-0.2, 0) is 11.3 Å². The van der Waals surface area contributed by atoms with Crippen molar-refractivity contribution in [2.45, 2.75) is 32.2 Å². The van der Waals surface area contributed by atoms with E-state index in [4.69, 9.17) is 10.5 Å². The first-order valence-electron chi connectivity index (χ1n) is 8.92. The molecule has 1 saturated carbocycles. The van der Waals surface area contributed by atoms with Gasteiger partial charge < -0.3 is 15.0 Å². The summed E-state index contributed by atoms with van der Waals surface area (Å²) in [6.07, 6.45) is 6.86. The topological polar surface area (TPSA) is 70.1 Å². The van der Waals surface area contributed by atoms with Gasteiger partial charge in [0.1, 0.15) is 11.6 Å². The van der Waals surface area contributed by atoms with E-state index in [1.165, 1.54) is 6.42 Å². The zero-order valence-electron chi connectivity index (χ0n) is 14.4. The third-order valence-electron chi connectivity index (χ3n) is 5.30. The molecule has 0 spiro atoms. The standard InChI is InChI=1S/C20H23N3O2/c1-2-25-20(24)17-18(21)23(12-13-6-4-3-5-7-13)19(22-17)16-11-14-8-9-15(16)10-14/h3-9,14-16H,2,10-12,21H2,1H3/t14-,15+,16?/m0/s1. The predicted octanol–water partition coefficient (Wildman–Crippen LogP) is 3.37. The van der Waals surface area contributed by atoms with Crippen molar-refractivity contribution in [2.24, 2.45) is 11.8 Å². The van der Waals surface area contributed by atoms with Crippen LogP contribution in [0, 0.1) is 11.8 Å². The Morgan fingerprint density at radius 1 is 1.28 bits per heavy atom. The first-order valence-corrected chi connectivity index (χ1v) is 8.92. The maximum Gasteiger partial charge on any atom is 0.360 e. The maximum absolute atomic E-state index is 12.3. The summed E-state index contributed by atoms with van der Waals surface area (Å²) in [5, 5.41) is 0. The van der Waals surface area contributed by atoms with Crippen molar-refractivity contribution in [2.75, 3.05) is 12.3 Å². The summed E-state index contributed by atoms with van der Waals surface area (Å²) in [5.74, 6) is 2.33. The fraction of sp³-hybridized carbons (Fsp3) is 0.400. The largest absolute Gasteiger partial charge is 0.461 e. The molecule has 1 heterocycles. The average Bonchev–Trinajstić information content (AvgIpc) is 3.32. The van der Waals surface area contributed by atoms with E-state index in [-0.39, 0.29) is 5.69 Å². The molecule has 5 heteroatoms. The summed E-state index contributed by atoms with van der Waals surface area (Å²) in [6.45, 7) is 2.72. The van der Waals surface area contributed by atoms with E-state index in [0.717, 1.165) is 17.8 Å². The molecule has 0 aliphatic heterocycles. The molecule has 130 valence electrons. The fourth-order valence-electron chi connectivity index (χ4n) is 4.13. The Balaban J connectivity index is 1.74. The number of fused-ring (bicyclic) bond motifs is 2. The van der Waals surface area contributed by atoms with Crippen LogP contribution in [0.3, 0.4) is 0 Å². The number of rotatable bonds is 5. The number of nitrogen functional groups attached to an aromatic ring is 1. The predicted molar refractivity (Wildman–Crippen MR) is 96.2 cm³/mol. The zero-order chi connectivity index (χ0) is 17.4. The van der Waals surface area contributed by atoms with Gasteiger partial charge in [-0.05, 0) is 37.2 Å². The lowest BCUT2D eigenvalue weighted by Gasteiger charge is -2.19. The van der Waals surface area contributed by atoms with Crippen LogP contribution in [0.2, 0.25) is 0 Å². The minimum absolute atomic E-state index is 0.250. The lowest BCUT2D eigenvalue weighted by molar-refractivity contribution is 0.0521. The molecule has 2 N–H and O–H groups in total. The van der Waals surface area contributed by atoms with Gasteiger partial charge >= 0.3 is 5.97 Å².